The molecule has 1 atom stereocenters. The topological polar surface area (TPSA) is 76.7 Å². The maximum atomic E-state index is 13.1. The molecule has 29 heavy (non-hydrogen) atoms. The van der Waals surface area contributed by atoms with E-state index in [0.29, 0.717) is 6.54 Å². The number of nitrogens with one attached hydrogen (secondary N) is 1. The normalized spacial score (nSPS) is 12.7. The lowest BCUT2D eigenvalue weighted by Crippen LogP contribution is -2.14. The first-order chi connectivity index (χ1) is 13.7. The van der Waals surface area contributed by atoms with Crippen LogP contribution in [0.1, 0.15) is 25.1 Å². The van der Waals surface area contributed by atoms with Gasteiger partial charge in [0.1, 0.15) is 11.8 Å². The fourth-order valence-electron chi connectivity index (χ4n) is 2.47. The third-order valence-electron chi connectivity index (χ3n) is 3.78. The molecule has 0 radical (unpaired) electrons. The fraction of sp³-hybridized carbons (Fsp3) is 0.412. The van der Waals surface area contributed by atoms with Gasteiger partial charge in [-0.2, -0.15) is 30.2 Å². The predicted molar refractivity (Wildman–Crippen MR) is 112 cm³/mol. The summed E-state index contributed by atoms with van der Waals surface area (Å²) < 4.78 is 53.0. The van der Waals surface area contributed by atoms with Crippen molar-refractivity contribution < 1.29 is 17.7 Å². The lowest BCUT2D eigenvalue weighted by Gasteiger charge is -2.16. The van der Waals surface area contributed by atoms with Crippen molar-refractivity contribution in [2.75, 3.05) is 29.1 Å². The summed E-state index contributed by atoms with van der Waals surface area (Å²) in [4.78, 5) is 0.184. The van der Waals surface area contributed by atoms with E-state index in [1.807, 2.05) is 13.0 Å². The Labute approximate surface area is 183 Å². The lowest BCUT2D eigenvalue weighted by molar-refractivity contribution is -0.137. The Hall–Kier alpha value is -1.25. The van der Waals surface area contributed by atoms with E-state index in [1.165, 1.54) is 4.68 Å². The van der Waals surface area contributed by atoms with E-state index in [4.69, 9.17) is 23.2 Å². The Morgan fingerprint density at radius 3 is 2.55 bits per heavy atom. The smallest absolute Gasteiger partial charge is 0.417 e. The van der Waals surface area contributed by atoms with Crippen LogP contribution in [0.3, 0.4) is 0 Å². The minimum absolute atomic E-state index is 0.0474. The molecule has 2 rings (SSSR count). The van der Waals surface area contributed by atoms with E-state index in [1.54, 1.807) is 18.7 Å². The molecule has 1 unspecified atom stereocenters. The molecule has 12 heteroatoms. The number of rotatable bonds is 8. The summed E-state index contributed by atoms with van der Waals surface area (Å²) in [5.41, 5.74) is -1.12. The highest BCUT2D eigenvalue weighted by Crippen LogP contribution is 2.42. The average Bonchev–Trinajstić information content (AvgIpc) is 3.04. The SMILES string of the molecule is CCSCCNc1c([S+]([O-])CC)c(C#N)nn1-c1ccc(C(F)(F)F)c(Cl)c1Cl. The maximum absolute atomic E-state index is 13.1. The summed E-state index contributed by atoms with van der Waals surface area (Å²) in [6.45, 7) is 4.16. The zero-order chi connectivity index (χ0) is 21.8. The predicted octanol–water partition coefficient (Wildman–Crippen LogP) is 5.36. The number of hydrogen-bond acceptors (Lipinski definition) is 5. The monoisotopic (exact) mass is 484 g/mol. The van der Waals surface area contributed by atoms with Crippen molar-refractivity contribution >= 4 is 52.0 Å². The van der Waals surface area contributed by atoms with Crippen molar-refractivity contribution in [2.24, 2.45) is 0 Å². The Morgan fingerprint density at radius 1 is 1.31 bits per heavy atom. The van der Waals surface area contributed by atoms with Gasteiger partial charge in [0.15, 0.2) is 5.82 Å². The van der Waals surface area contributed by atoms with Gasteiger partial charge >= 0.3 is 6.18 Å². The van der Waals surface area contributed by atoms with Gasteiger partial charge in [0.2, 0.25) is 10.6 Å². The van der Waals surface area contributed by atoms with Crippen LogP contribution in [-0.4, -0.2) is 38.1 Å². The van der Waals surface area contributed by atoms with Gasteiger partial charge in [-0.1, -0.05) is 30.1 Å². The largest absolute Gasteiger partial charge is 0.611 e. The summed E-state index contributed by atoms with van der Waals surface area (Å²) >= 11 is 12.1. The highest BCUT2D eigenvalue weighted by Gasteiger charge is 2.36. The molecule has 0 saturated heterocycles. The van der Waals surface area contributed by atoms with Crippen molar-refractivity contribution in [1.29, 1.82) is 5.26 Å². The summed E-state index contributed by atoms with van der Waals surface area (Å²) in [6, 6.07) is 3.80. The molecule has 2 aromatic rings. The summed E-state index contributed by atoms with van der Waals surface area (Å²) in [6.07, 6.45) is -4.67. The van der Waals surface area contributed by atoms with Crippen LogP contribution in [0.25, 0.3) is 5.69 Å². The summed E-state index contributed by atoms with van der Waals surface area (Å²) in [7, 11) is 0. The van der Waals surface area contributed by atoms with Gasteiger partial charge < -0.3 is 9.87 Å². The third-order valence-corrected chi connectivity index (χ3v) is 6.92. The molecule has 0 spiro atoms. The van der Waals surface area contributed by atoms with Crippen LogP contribution in [-0.2, 0) is 17.4 Å². The standard InChI is InChI=1S/C17H17Cl2F3N4OS2/c1-3-28-8-7-24-16-15(29(27)4-2)11(9-23)25-26(16)12-6-5-10(17(20,21)22)13(18)14(12)19/h5-6,24H,3-4,7-8H2,1-2H3. The Kier molecular flexibility index (Phi) is 8.43. The molecule has 0 aliphatic heterocycles. The van der Waals surface area contributed by atoms with E-state index >= 15 is 0 Å². The third kappa shape index (κ3) is 5.27. The molecule has 1 aromatic carbocycles. The molecular weight excluding hydrogens is 468 g/mol. The molecule has 0 fully saturated rings. The molecule has 0 aliphatic rings. The van der Waals surface area contributed by atoms with Gasteiger partial charge in [0.25, 0.3) is 0 Å². The molecule has 0 bridgehead atoms. The van der Waals surface area contributed by atoms with Crippen molar-refractivity contribution in [3.63, 3.8) is 0 Å². The van der Waals surface area contributed by atoms with Crippen LogP contribution < -0.4 is 5.32 Å². The molecule has 158 valence electrons. The summed E-state index contributed by atoms with van der Waals surface area (Å²) in [5.74, 6) is 2.11. The molecule has 1 aromatic heterocycles. The van der Waals surface area contributed by atoms with Crippen molar-refractivity contribution in [2.45, 2.75) is 24.9 Å². The van der Waals surface area contributed by atoms with Crippen molar-refractivity contribution in [3.05, 3.63) is 33.4 Å². The number of anilines is 1. The molecule has 0 aliphatic carbocycles. The van der Waals surface area contributed by atoms with E-state index in [0.717, 1.165) is 23.6 Å². The first kappa shape index (κ1) is 24.0. The molecular formula is C17H17Cl2F3N4OS2. The highest BCUT2D eigenvalue weighted by molar-refractivity contribution is 7.99. The van der Waals surface area contributed by atoms with Crippen LogP contribution in [0.15, 0.2) is 17.0 Å². The van der Waals surface area contributed by atoms with Crippen LogP contribution in [0.4, 0.5) is 19.0 Å². The Morgan fingerprint density at radius 2 is 2.00 bits per heavy atom. The minimum atomic E-state index is -4.67. The van der Waals surface area contributed by atoms with Gasteiger partial charge in [-0.05, 0) is 36.0 Å². The Balaban J connectivity index is 2.64. The second-order valence-electron chi connectivity index (χ2n) is 5.57. The van der Waals surface area contributed by atoms with Gasteiger partial charge in [-0.25, -0.2) is 4.68 Å². The molecule has 0 saturated carbocycles. The van der Waals surface area contributed by atoms with Crippen LogP contribution >= 0.6 is 35.0 Å². The molecule has 1 N–H and O–H groups in total. The Bertz CT molecular complexity index is 916. The highest BCUT2D eigenvalue weighted by atomic mass is 35.5. The fourth-order valence-corrected chi connectivity index (χ4v) is 4.49. The van der Waals surface area contributed by atoms with Crippen LogP contribution in [0, 0.1) is 11.3 Å². The zero-order valence-corrected chi connectivity index (χ0v) is 18.6. The van der Waals surface area contributed by atoms with Gasteiger partial charge in [-0.3, -0.25) is 0 Å². The van der Waals surface area contributed by atoms with E-state index in [2.05, 4.69) is 10.4 Å². The quantitative estimate of drug-likeness (QED) is 0.402. The molecule has 5 nitrogen and oxygen atoms in total. The number of alkyl halides is 3. The first-order valence-electron chi connectivity index (χ1n) is 8.45. The zero-order valence-electron chi connectivity index (χ0n) is 15.4. The number of nitrogens with zero attached hydrogens (tertiary/aromatic N) is 3. The van der Waals surface area contributed by atoms with E-state index in [9.17, 15) is 23.0 Å². The summed E-state index contributed by atoms with van der Waals surface area (Å²) in [5, 5.41) is 15.6. The molecule has 1 heterocycles. The van der Waals surface area contributed by atoms with Crippen molar-refractivity contribution in [3.8, 4) is 11.8 Å². The number of aromatic nitrogens is 2. The maximum Gasteiger partial charge on any atom is 0.417 e. The van der Waals surface area contributed by atoms with E-state index in [-0.39, 0.29) is 32.9 Å². The number of nitriles is 1. The van der Waals surface area contributed by atoms with Gasteiger partial charge in [0, 0.05) is 12.3 Å². The second kappa shape index (κ2) is 10.2. The van der Waals surface area contributed by atoms with Gasteiger partial charge in [-0.15, -0.1) is 5.10 Å². The minimum Gasteiger partial charge on any atom is -0.611 e. The molecule has 0 amide bonds. The van der Waals surface area contributed by atoms with Crippen LogP contribution in [0.5, 0.6) is 0 Å². The number of thioether (sulfide) groups is 1. The average molecular weight is 485 g/mol. The van der Waals surface area contributed by atoms with E-state index < -0.39 is 27.9 Å². The van der Waals surface area contributed by atoms with Crippen LogP contribution in [0.2, 0.25) is 10.0 Å². The van der Waals surface area contributed by atoms with Crippen molar-refractivity contribution in [1.82, 2.24) is 9.78 Å². The number of halogens is 5. The number of benzene rings is 1. The first-order valence-corrected chi connectivity index (χ1v) is 11.7. The van der Waals surface area contributed by atoms with Gasteiger partial charge in [0.05, 0.1) is 21.3 Å². The second-order valence-corrected chi connectivity index (χ2v) is 9.39. The lowest BCUT2D eigenvalue weighted by atomic mass is 10.2. The number of hydrogen-bond donors (Lipinski definition) is 1.